The molecule has 1 aliphatic carbocycles. The molecule has 2 aromatic heterocycles. The van der Waals surface area contributed by atoms with Gasteiger partial charge in [-0.15, -0.1) is 0 Å². The summed E-state index contributed by atoms with van der Waals surface area (Å²) in [6, 6.07) is 8.91. The number of carbonyl (C=O) groups is 2. The molecule has 1 aliphatic heterocycles. The fourth-order valence-corrected chi connectivity index (χ4v) is 5.09. The molecule has 0 radical (unpaired) electrons. The van der Waals surface area contributed by atoms with Crippen molar-refractivity contribution in [3.63, 3.8) is 0 Å². The summed E-state index contributed by atoms with van der Waals surface area (Å²) in [5.74, 6) is 0.393. The summed E-state index contributed by atoms with van der Waals surface area (Å²) >= 11 is 0. The monoisotopic (exact) mass is 503 g/mol. The lowest BCUT2D eigenvalue weighted by Gasteiger charge is -2.17. The van der Waals surface area contributed by atoms with Crippen LogP contribution in [-0.4, -0.2) is 44.3 Å². The molecule has 3 heterocycles. The Kier molecular flexibility index (Phi) is 8.02. The van der Waals surface area contributed by atoms with Crippen molar-refractivity contribution in [1.29, 1.82) is 0 Å². The normalized spacial score (nSPS) is 15.7. The van der Waals surface area contributed by atoms with Gasteiger partial charge in [-0.2, -0.15) is 5.10 Å². The maximum Gasteiger partial charge on any atom is 0.326 e. The van der Waals surface area contributed by atoms with Crippen LogP contribution in [0.25, 0.3) is 10.9 Å². The van der Waals surface area contributed by atoms with Crippen LogP contribution in [-0.2, 0) is 24.2 Å². The van der Waals surface area contributed by atoms with Crippen LogP contribution < -0.4 is 10.6 Å². The van der Waals surface area contributed by atoms with Crippen molar-refractivity contribution in [2.45, 2.75) is 83.2 Å². The first-order chi connectivity index (χ1) is 18.1. The second kappa shape index (κ2) is 11.8. The summed E-state index contributed by atoms with van der Waals surface area (Å²) in [6.45, 7) is 1.87. The van der Waals surface area contributed by atoms with Gasteiger partial charge in [-0.1, -0.05) is 37.8 Å². The predicted octanol–water partition coefficient (Wildman–Crippen LogP) is 4.97. The molecule has 2 aliphatic rings. The van der Waals surface area contributed by atoms with Crippen LogP contribution in [0.3, 0.4) is 0 Å². The Bertz CT molecular complexity index is 1250. The van der Waals surface area contributed by atoms with E-state index in [1.807, 2.05) is 23.0 Å². The number of fused-ring (bicyclic) bond motifs is 2. The summed E-state index contributed by atoms with van der Waals surface area (Å²) in [4.78, 5) is 29.4. The van der Waals surface area contributed by atoms with Gasteiger partial charge in [0.25, 0.3) is 5.91 Å². The van der Waals surface area contributed by atoms with E-state index >= 15 is 0 Å². The van der Waals surface area contributed by atoms with E-state index in [1.165, 1.54) is 24.8 Å². The van der Waals surface area contributed by atoms with Gasteiger partial charge in [-0.25, -0.2) is 9.78 Å². The summed E-state index contributed by atoms with van der Waals surface area (Å²) in [5.41, 5.74) is 3.85. The minimum absolute atomic E-state index is 0.347. The minimum atomic E-state index is -0.986. The first-order valence-corrected chi connectivity index (χ1v) is 13.8. The lowest BCUT2D eigenvalue weighted by Crippen LogP contribution is -2.40. The Hall–Kier alpha value is -3.42. The molecule has 5 rings (SSSR count). The second-order valence-electron chi connectivity index (χ2n) is 10.6. The number of carboxylic acids is 1. The fourth-order valence-electron chi connectivity index (χ4n) is 5.09. The van der Waals surface area contributed by atoms with Crippen molar-refractivity contribution in [2.75, 3.05) is 11.9 Å². The third-order valence-electron chi connectivity index (χ3n) is 7.52. The Morgan fingerprint density at radius 1 is 1.11 bits per heavy atom. The van der Waals surface area contributed by atoms with Gasteiger partial charge in [0.2, 0.25) is 0 Å². The van der Waals surface area contributed by atoms with Gasteiger partial charge in [0.15, 0.2) is 0 Å². The first kappa shape index (κ1) is 25.2. The summed E-state index contributed by atoms with van der Waals surface area (Å²) in [7, 11) is 0. The first-order valence-electron chi connectivity index (χ1n) is 13.8. The zero-order chi connectivity index (χ0) is 25.6. The average molecular weight is 504 g/mol. The molecule has 1 amide bonds. The van der Waals surface area contributed by atoms with E-state index in [2.05, 4.69) is 27.9 Å². The number of benzene rings is 1. The van der Waals surface area contributed by atoms with Crippen LogP contribution in [0.5, 0.6) is 0 Å². The molecule has 37 heavy (non-hydrogen) atoms. The third kappa shape index (κ3) is 6.67. The van der Waals surface area contributed by atoms with Crippen molar-refractivity contribution in [3.8, 4) is 0 Å². The number of carbonyl (C=O) groups excluding carboxylic acids is 1. The van der Waals surface area contributed by atoms with Crippen molar-refractivity contribution in [2.24, 2.45) is 5.92 Å². The van der Waals surface area contributed by atoms with Crippen LogP contribution in [0.4, 0.5) is 5.82 Å². The number of unbranched alkanes of at least 4 members (excludes halogenated alkanes) is 4. The Balaban J connectivity index is 1.04. The van der Waals surface area contributed by atoms with Crippen molar-refractivity contribution >= 4 is 28.6 Å². The number of nitrogens with zero attached hydrogens (tertiary/aromatic N) is 3. The number of hydrogen-bond acceptors (Lipinski definition) is 5. The summed E-state index contributed by atoms with van der Waals surface area (Å²) in [6.07, 6.45) is 12.9. The molecule has 3 aromatic rings. The summed E-state index contributed by atoms with van der Waals surface area (Å²) < 4.78 is 1.96. The van der Waals surface area contributed by atoms with E-state index < -0.39 is 12.0 Å². The molecule has 1 unspecified atom stereocenters. The molecule has 0 spiro atoms. The molecule has 1 saturated carbocycles. The van der Waals surface area contributed by atoms with E-state index in [9.17, 15) is 14.7 Å². The average Bonchev–Trinajstić information content (AvgIpc) is 3.65. The maximum atomic E-state index is 12.9. The second-order valence-corrected chi connectivity index (χ2v) is 10.6. The number of rotatable bonds is 13. The number of aliphatic carboxylic acids is 1. The van der Waals surface area contributed by atoms with E-state index in [1.54, 1.807) is 6.07 Å². The van der Waals surface area contributed by atoms with Crippen LogP contribution in [0.15, 0.2) is 36.5 Å². The van der Waals surface area contributed by atoms with Crippen LogP contribution in [0.1, 0.15) is 79.4 Å². The smallest absolute Gasteiger partial charge is 0.326 e. The zero-order valence-corrected chi connectivity index (χ0v) is 21.4. The van der Waals surface area contributed by atoms with Crippen LogP contribution >= 0.6 is 0 Å². The quantitative estimate of drug-likeness (QED) is 0.284. The minimum Gasteiger partial charge on any atom is -0.480 e. The third-order valence-corrected chi connectivity index (χ3v) is 7.52. The van der Waals surface area contributed by atoms with Gasteiger partial charge >= 0.3 is 5.97 Å². The Morgan fingerprint density at radius 2 is 1.95 bits per heavy atom. The molecule has 8 nitrogen and oxygen atoms in total. The van der Waals surface area contributed by atoms with Crippen molar-refractivity contribution in [3.05, 3.63) is 53.3 Å². The molecule has 1 atom stereocenters. The van der Waals surface area contributed by atoms with E-state index in [0.717, 1.165) is 80.4 Å². The molecule has 1 fully saturated rings. The fraction of sp³-hybridized carbons (Fsp3) is 0.517. The lowest BCUT2D eigenvalue weighted by molar-refractivity contribution is -0.139. The molecule has 0 saturated heterocycles. The van der Waals surface area contributed by atoms with Gasteiger partial charge in [0.1, 0.15) is 11.9 Å². The van der Waals surface area contributed by atoms with Gasteiger partial charge in [0, 0.05) is 29.7 Å². The topological polar surface area (TPSA) is 109 Å². The predicted molar refractivity (Wildman–Crippen MR) is 144 cm³/mol. The molecule has 196 valence electrons. The molecule has 0 bridgehead atoms. The lowest BCUT2D eigenvalue weighted by atomic mass is 10.0. The van der Waals surface area contributed by atoms with Gasteiger partial charge in [-0.05, 0) is 74.6 Å². The van der Waals surface area contributed by atoms with E-state index in [0.29, 0.717) is 17.9 Å². The molecular formula is C29H37N5O3. The zero-order valence-electron chi connectivity index (χ0n) is 21.4. The Labute approximate surface area is 217 Å². The number of pyridine rings is 1. The number of amides is 1. The van der Waals surface area contributed by atoms with Gasteiger partial charge in [-0.3, -0.25) is 9.48 Å². The van der Waals surface area contributed by atoms with Gasteiger partial charge < -0.3 is 15.7 Å². The summed E-state index contributed by atoms with van der Waals surface area (Å²) in [5, 5.41) is 21.2. The van der Waals surface area contributed by atoms with Crippen LogP contribution in [0, 0.1) is 5.92 Å². The number of carboxylic acid groups (broad SMARTS) is 1. The molecule has 8 heteroatoms. The molecular weight excluding hydrogens is 466 g/mol. The van der Waals surface area contributed by atoms with E-state index in [-0.39, 0.29) is 5.91 Å². The van der Waals surface area contributed by atoms with E-state index in [4.69, 9.17) is 4.98 Å². The standard InChI is InChI=1S/C29H37N5O3/c35-28(22-12-13-23-18-31-34(26(23)17-22)19-20-10-11-20)33-25(29(36)37)9-5-3-1-2-4-8-24-15-14-21-7-6-16-30-27(21)32-24/h12-15,17-18,20,25H,1-11,16,19H2,(H,30,32)(H,33,35)(H,36,37). The molecule has 1 aromatic carbocycles. The highest BCUT2D eigenvalue weighted by Crippen LogP contribution is 2.31. The SMILES string of the molecule is O=C(NC(CCCCCCCc1ccc2c(n1)NCCC2)C(=O)O)c1ccc2cnn(CC3CC3)c2c1. The number of aryl methyl sites for hydroxylation is 2. The maximum absolute atomic E-state index is 12.9. The Morgan fingerprint density at radius 3 is 2.78 bits per heavy atom. The number of nitrogens with one attached hydrogen (secondary N) is 2. The number of aromatic nitrogens is 3. The number of anilines is 1. The largest absolute Gasteiger partial charge is 0.480 e. The highest BCUT2D eigenvalue weighted by atomic mass is 16.4. The highest BCUT2D eigenvalue weighted by molar-refractivity contribution is 5.99. The van der Waals surface area contributed by atoms with Crippen molar-refractivity contribution in [1.82, 2.24) is 20.1 Å². The van der Waals surface area contributed by atoms with Crippen LogP contribution in [0.2, 0.25) is 0 Å². The number of hydrogen-bond donors (Lipinski definition) is 3. The van der Waals surface area contributed by atoms with Crippen molar-refractivity contribution < 1.29 is 14.7 Å². The van der Waals surface area contributed by atoms with Gasteiger partial charge in [0.05, 0.1) is 11.7 Å². The highest BCUT2D eigenvalue weighted by Gasteiger charge is 2.24. The molecule has 3 N–H and O–H groups in total.